The number of nitrogens with one attached hydrogen (secondary N) is 1. The van der Waals surface area contributed by atoms with Gasteiger partial charge < -0.3 is 14.8 Å². The van der Waals surface area contributed by atoms with E-state index in [0.717, 1.165) is 16.2 Å². The number of carbonyl (C=O) groups is 4. The fourth-order valence-corrected chi connectivity index (χ4v) is 3.11. The number of nitrogens with zero attached hydrogens (tertiary/aromatic N) is 1. The first-order valence-corrected chi connectivity index (χ1v) is 9.45. The summed E-state index contributed by atoms with van der Waals surface area (Å²) >= 11 is 0. The fraction of sp³-hybridized carbons (Fsp3) is 0.273. The van der Waals surface area contributed by atoms with Gasteiger partial charge in [0.25, 0.3) is 17.7 Å². The number of imide groups is 1. The highest BCUT2D eigenvalue weighted by atomic mass is 16.5. The molecular weight excluding hydrogens is 388 g/mol. The first kappa shape index (κ1) is 21.0. The van der Waals surface area contributed by atoms with Crippen LogP contribution in [0.5, 0.6) is 5.75 Å². The fourth-order valence-electron chi connectivity index (χ4n) is 3.11. The molecule has 0 radical (unpaired) electrons. The Morgan fingerprint density at radius 2 is 1.60 bits per heavy atom. The molecule has 1 aliphatic heterocycles. The summed E-state index contributed by atoms with van der Waals surface area (Å²) in [5.41, 5.74) is 1.52. The van der Waals surface area contributed by atoms with Crippen LogP contribution < -0.4 is 10.1 Å². The third kappa shape index (κ3) is 4.48. The van der Waals surface area contributed by atoms with Crippen LogP contribution in [0.4, 0.5) is 0 Å². The highest BCUT2D eigenvalue weighted by Gasteiger charge is 2.41. The Hall–Kier alpha value is -3.68. The Labute approximate surface area is 173 Å². The van der Waals surface area contributed by atoms with E-state index in [-0.39, 0.29) is 11.1 Å². The van der Waals surface area contributed by atoms with Crippen LogP contribution in [0.3, 0.4) is 0 Å². The summed E-state index contributed by atoms with van der Waals surface area (Å²) in [6.07, 6.45) is 0.606. The zero-order chi connectivity index (χ0) is 21.7. The van der Waals surface area contributed by atoms with Crippen molar-refractivity contribution < 1.29 is 28.7 Å². The van der Waals surface area contributed by atoms with Gasteiger partial charge in [0, 0.05) is 6.54 Å². The summed E-state index contributed by atoms with van der Waals surface area (Å²) < 4.78 is 10.1. The highest BCUT2D eigenvalue weighted by Crippen LogP contribution is 2.24. The van der Waals surface area contributed by atoms with Gasteiger partial charge in [0.1, 0.15) is 11.8 Å². The van der Waals surface area contributed by atoms with Crippen molar-refractivity contribution in [3.05, 3.63) is 65.2 Å². The molecule has 0 aromatic heterocycles. The van der Waals surface area contributed by atoms with Crippen molar-refractivity contribution in [3.8, 4) is 5.75 Å². The number of amides is 3. The van der Waals surface area contributed by atoms with Gasteiger partial charge in [-0.15, -0.1) is 0 Å². The van der Waals surface area contributed by atoms with Crippen LogP contribution in [0.25, 0.3) is 0 Å². The predicted molar refractivity (Wildman–Crippen MR) is 107 cm³/mol. The van der Waals surface area contributed by atoms with Crippen LogP contribution in [0, 0.1) is 0 Å². The van der Waals surface area contributed by atoms with Crippen LogP contribution >= 0.6 is 0 Å². The van der Waals surface area contributed by atoms with E-state index in [1.807, 2.05) is 24.3 Å². The second-order valence-electron chi connectivity index (χ2n) is 6.76. The van der Waals surface area contributed by atoms with Gasteiger partial charge in [-0.25, -0.2) is 4.79 Å². The average Bonchev–Trinajstić information content (AvgIpc) is 3.02. The molecule has 2 aromatic carbocycles. The summed E-state index contributed by atoms with van der Waals surface area (Å²) in [5, 5.41) is 2.66. The van der Waals surface area contributed by atoms with E-state index < -0.39 is 36.3 Å². The van der Waals surface area contributed by atoms with Gasteiger partial charge in [-0.1, -0.05) is 24.3 Å². The minimum Gasteiger partial charge on any atom is -0.497 e. The molecule has 1 N–H and O–H groups in total. The molecule has 0 unspecified atom stereocenters. The minimum absolute atomic E-state index is 0.249. The lowest BCUT2D eigenvalue weighted by molar-refractivity contribution is -0.151. The number of rotatable bonds is 8. The molecule has 1 heterocycles. The third-order valence-corrected chi connectivity index (χ3v) is 4.79. The number of ether oxygens (including phenoxy) is 2. The molecule has 0 saturated carbocycles. The molecular formula is C22H22N2O6. The van der Waals surface area contributed by atoms with Crippen molar-refractivity contribution in [1.82, 2.24) is 10.2 Å². The average molecular weight is 410 g/mol. The van der Waals surface area contributed by atoms with Gasteiger partial charge in [0.2, 0.25) is 0 Å². The lowest BCUT2D eigenvalue weighted by Gasteiger charge is -2.20. The topological polar surface area (TPSA) is 102 Å². The van der Waals surface area contributed by atoms with Crippen molar-refractivity contribution in [3.63, 3.8) is 0 Å². The number of fused-ring (bicyclic) bond motifs is 1. The lowest BCUT2D eigenvalue weighted by atomic mass is 10.1. The quantitative estimate of drug-likeness (QED) is 0.524. The lowest BCUT2D eigenvalue weighted by Crippen LogP contribution is -2.44. The first-order valence-electron chi connectivity index (χ1n) is 9.45. The summed E-state index contributed by atoms with van der Waals surface area (Å²) in [7, 11) is 1.59. The Kier molecular flexibility index (Phi) is 6.46. The predicted octanol–water partition coefficient (Wildman–Crippen LogP) is 1.58. The molecule has 156 valence electrons. The van der Waals surface area contributed by atoms with Crippen molar-refractivity contribution >= 4 is 23.7 Å². The molecule has 0 bridgehead atoms. The van der Waals surface area contributed by atoms with E-state index in [0.29, 0.717) is 13.0 Å². The Balaban J connectivity index is 1.45. The summed E-state index contributed by atoms with van der Waals surface area (Å²) in [4.78, 5) is 49.9. The molecule has 0 aliphatic carbocycles. The van der Waals surface area contributed by atoms with Crippen molar-refractivity contribution in [2.45, 2.75) is 19.4 Å². The molecule has 1 atom stereocenters. The van der Waals surface area contributed by atoms with Crippen molar-refractivity contribution in [2.75, 3.05) is 20.3 Å². The minimum atomic E-state index is -1.13. The zero-order valence-electron chi connectivity index (χ0n) is 16.7. The second kappa shape index (κ2) is 9.21. The molecule has 0 fully saturated rings. The second-order valence-corrected chi connectivity index (χ2v) is 6.76. The van der Waals surface area contributed by atoms with E-state index in [1.54, 1.807) is 19.2 Å². The largest absolute Gasteiger partial charge is 0.497 e. The molecule has 2 aromatic rings. The number of esters is 1. The number of methoxy groups -OCH3 is 1. The monoisotopic (exact) mass is 410 g/mol. The van der Waals surface area contributed by atoms with E-state index >= 15 is 0 Å². The maximum atomic E-state index is 12.4. The van der Waals surface area contributed by atoms with Gasteiger partial charge in [0.15, 0.2) is 6.61 Å². The molecule has 0 spiro atoms. The van der Waals surface area contributed by atoms with E-state index in [9.17, 15) is 19.2 Å². The van der Waals surface area contributed by atoms with Gasteiger partial charge in [-0.3, -0.25) is 19.3 Å². The van der Waals surface area contributed by atoms with E-state index in [2.05, 4.69) is 5.32 Å². The summed E-state index contributed by atoms with van der Waals surface area (Å²) in [5.74, 6) is -1.64. The number of hydrogen-bond acceptors (Lipinski definition) is 6. The number of carbonyl (C=O) groups excluding carboxylic acids is 4. The van der Waals surface area contributed by atoms with Crippen LogP contribution in [-0.2, 0) is 20.7 Å². The molecule has 1 aliphatic rings. The maximum Gasteiger partial charge on any atom is 0.329 e. The van der Waals surface area contributed by atoms with Crippen molar-refractivity contribution in [2.24, 2.45) is 0 Å². The van der Waals surface area contributed by atoms with E-state index in [1.165, 1.54) is 19.1 Å². The molecule has 30 heavy (non-hydrogen) atoms. The van der Waals surface area contributed by atoms with Crippen LogP contribution in [0.1, 0.15) is 33.2 Å². The standard InChI is InChI=1S/C22H22N2O6/c1-14(24-20(26)17-5-3-4-6-18(17)21(24)27)22(28)30-13-19(25)23-12-11-15-7-9-16(29-2)10-8-15/h3-10,14H,11-13H2,1-2H3,(H,23,25)/t14-/m1/s1. The number of hydrogen-bond donors (Lipinski definition) is 1. The highest BCUT2D eigenvalue weighted by molar-refractivity contribution is 6.22. The summed E-state index contributed by atoms with van der Waals surface area (Å²) in [6, 6.07) is 12.7. The molecule has 0 saturated heterocycles. The van der Waals surface area contributed by atoms with E-state index in [4.69, 9.17) is 9.47 Å². The van der Waals surface area contributed by atoms with Gasteiger partial charge in [-0.05, 0) is 43.2 Å². The molecule has 8 heteroatoms. The molecule has 8 nitrogen and oxygen atoms in total. The Morgan fingerprint density at radius 1 is 1.00 bits per heavy atom. The Morgan fingerprint density at radius 3 is 2.17 bits per heavy atom. The SMILES string of the molecule is COc1ccc(CCNC(=O)COC(=O)[C@@H](C)N2C(=O)c3ccccc3C2=O)cc1. The first-order chi connectivity index (χ1) is 14.4. The summed E-state index contributed by atoms with van der Waals surface area (Å²) in [6.45, 7) is 1.28. The maximum absolute atomic E-state index is 12.4. The molecule has 3 rings (SSSR count). The van der Waals surface area contributed by atoms with Crippen LogP contribution in [0.15, 0.2) is 48.5 Å². The van der Waals surface area contributed by atoms with Gasteiger partial charge >= 0.3 is 5.97 Å². The third-order valence-electron chi connectivity index (χ3n) is 4.79. The van der Waals surface area contributed by atoms with Gasteiger partial charge in [0.05, 0.1) is 18.2 Å². The Bertz CT molecular complexity index is 935. The normalized spacial score (nSPS) is 13.6. The van der Waals surface area contributed by atoms with Crippen LogP contribution in [-0.4, -0.2) is 54.9 Å². The van der Waals surface area contributed by atoms with Crippen LogP contribution in [0.2, 0.25) is 0 Å². The zero-order valence-corrected chi connectivity index (χ0v) is 16.7. The smallest absolute Gasteiger partial charge is 0.329 e. The molecule has 3 amide bonds. The van der Waals surface area contributed by atoms with Gasteiger partial charge in [-0.2, -0.15) is 0 Å². The number of benzene rings is 2. The van der Waals surface area contributed by atoms with Crippen molar-refractivity contribution in [1.29, 1.82) is 0 Å².